The van der Waals surface area contributed by atoms with Crippen molar-refractivity contribution in [2.75, 3.05) is 7.11 Å². The minimum atomic E-state index is -0.478. The van der Waals surface area contributed by atoms with E-state index in [9.17, 15) is 9.59 Å². The number of methoxy groups -OCH3 is 1. The largest absolute Gasteiger partial charge is 0.493 e. The first kappa shape index (κ1) is 17.8. The van der Waals surface area contributed by atoms with Gasteiger partial charge in [0.05, 0.1) is 17.6 Å². The molecule has 0 radical (unpaired) electrons. The second-order valence-electron chi connectivity index (χ2n) is 5.56. The van der Waals surface area contributed by atoms with E-state index in [1.165, 1.54) is 7.11 Å². The molecule has 7 heteroatoms. The highest BCUT2D eigenvalue weighted by atomic mass is 32.2. The zero-order valence-corrected chi connectivity index (χ0v) is 15.0. The fraction of sp³-hybridized carbons (Fsp3) is 0.105. The van der Waals surface area contributed by atoms with Gasteiger partial charge in [0.15, 0.2) is 16.7 Å². The number of nitrogens with one attached hydrogen (secondary N) is 2. The van der Waals surface area contributed by atoms with Crippen molar-refractivity contribution < 1.29 is 19.1 Å². The van der Waals surface area contributed by atoms with Crippen molar-refractivity contribution in [1.82, 2.24) is 5.32 Å². The van der Waals surface area contributed by atoms with E-state index in [0.29, 0.717) is 21.8 Å². The molecule has 0 bridgehead atoms. The van der Waals surface area contributed by atoms with E-state index in [1.54, 1.807) is 36.4 Å². The van der Waals surface area contributed by atoms with E-state index >= 15 is 0 Å². The van der Waals surface area contributed by atoms with Gasteiger partial charge in [0, 0.05) is 0 Å². The molecule has 0 aromatic heterocycles. The van der Waals surface area contributed by atoms with Gasteiger partial charge in [-0.15, -0.1) is 0 Å². The van der Waals surface area contributed by atoms with Crippen molar-refractivity contribution >= 4 is 34.9 Å². The molecule has 2 aromatic rings. The summed E-state index contributed by atoms with van der Waals surface area (Å²) >= 11 is 1.05. The highest BCUT2D eigenvalue weighted by Gasteiger charge is 2.22. The van der Waals surface area contributed by atoms with Crippen LogP contribution in [0.4, 0.5) is 0 Å². The Labute approximate surface area is 154 Å². The zero-order chi connectivity index (χ0) is 18.7. The predicted octanol–water partition coefficient (Wildman–Crippen LogP) is 3.36. The lowest BCUT2D eigenvalue weighted by molar-refractivity contribution is -0.115. The molecule has 0 atom stereocenters. The Morgan fingerprint density at radius 2 is 1.88 bits per heavy atom. The van der Waals surface area contributed by atoms with Crippen molar-refractivity contribution in [2.24, 2.45) is 0 Å². The van der Waals surface area contributed by atoms with Crippen LogP contribution in [-0.2, 0) is 4.79 Å². The van der Waals surface area contributed by atoms with E-state index < -0.39 is 5.97 Å². The monoisotopic (exact) mass is 368 g/mol. The molecule has 26 heavy (non-hydrogen) atoms. The van der Waals surface area contributed by atoms with E-state index in [4.69, 9.17) is 14.9 Å². The number of rotatable bonds is 4. The molecule has 1 saturated heterocycles. The summed E-state index contributed by atoms with van der Waals surface area (Å²) in [7, 11) is 1.47. The van der Waals surface area contributed by atoms with Gasteiger partial charge in [-0.1, -0.05) is 23.8 Å². The lowest BCUT2D eigenvalue weighted by atomic mass is 10.1. The van der Waals surface area contributed by atoms with Gasteiger partial charge < -0.3 is 14.8 Å². The lowest BCUT2D eigenvalue weighted by Gasteiger charge is -2.10. The number of aryl methyl sites for hydroxylation is 1. The van der Waals surface area contributed by atoms with E-state index in [-0.39, 0.29) is 16.8 Å². The molecule has 1 fully saturated rings. The van der Waals surface area contributed by atoms with Gasteiger partial charge in [-0.3, -0.25) is 10.2 Å². The van der Waals surface area contributed by atoms with Gasteiger partial charge in [-0.25, -0.2) is 4.79 Å². The number of thioether (sulfide) groups is 1. The van der Waals surface area contributed by atoms with Gasteiger partial charge in [0.25, 0.3) is 5.91 Å². The summed E-state index contributed by atoms with van der Waals surface area (Å²) < 4.78 is 10.7. The van der Waals surface area contributed by atoms with Gasteiger partial charge in [0.2, 0.25) is 0 Å². The molecule has 0 saturated carbocycles. The Morgan fingerprint density at radius 3 is 2.50 bits per heavy atom. The Bertz CT molecular complexity index is 920. The molecule has 1 amide bonds. The van der Waals surface area contributed by atoms with Crippen LogP contribution in [0.15, 0.2) is 47.4 Å². The Kier molecular flexibility index (Phi) is 5.09. The summed E-state index contributed by atoms with van der Waals surface area (Å²) in [6, 6.07) is 12.1. The van der Waals surface area contributed by atoms with Gasteiger partial charge in [0.1, 0.15) is 0 Å². The number of amides is 1. The second-order valence-corrected chi connectivity index (χ2v) is 6.61. The maximum atomic E-state index is 12.3. The predicted molar refractivity (Wildman–Crippen MR) is 101 cm³/mol. The highest BCUT2D eigenvalue weighted by molar-refractivity contribution is 8.18. The summed E-state index contributed by atoms with van der Waals surface area (Å²) in [5, 5.41) is 9.98. The van der Waals surface area contributed by atoms with Crippen molar-refractivity contribution in [1.29, 1.82) is 5.41 Å². The molecule has 0 unspecified atom stereocenters. The summed E-state index contributed by atoms with van der Waals surface area (Å²) in [5.74, 6) is -0.128. The van der Waals surface area contributed by atoms with Crippen LogP contribution in [0, 0.1) is 12.3 Å². The van der Waals surface area contributed by atoms with Crippen LogP contribution in [0.1, 0.15) is 21.5 Å². The first-order chi connectivity index (χ1) is 12.5. The lowest BCUT2D eigenvalue weighted by Crippen LogP contribution is -2.18. The van der Waals surface area contributed by atoms with Crippen LogP contribution in [0.2, 0.25) is 0 Å². The quantitative estimate of drug-likeness (QED) is 0.491. The summed E-state index contributed by atoms with van der Waals surface area (Å²) in [5.41, 5.74) is 2.20. The van der Waals surface area contributed by atoms with Crippen LogP contribution < -0.4 is 14.8 Å². The maximum Gasteiger partial charge on any atom is 0.343 e. The van der Waals surface area contributed by atoms with Gasteiger partial charge in [-0.2, -0.15) is 0 Å². The molecular formula is C19H16N2O4S. The zero-order valence-electron chi connectivity index (χ0n) is 14.2. The Balaban J connectivity index is 1.82. The molecular weight excluding hydrogens is 352 g/mol. The molecule has 1 aliphatic heterocycles. The van der Waals surface area contributed by atoms with Gasteiger partial charge in [-0.05, 0) is 54.6 Å². The number of hydrogen-bond donors (Lipinski definition) is 2. The van der Waals surface area contributed by atoms with Crippen LogP contribution in [0.25, 0.3) is 6.08 Å². The average Bonchev–Trinajstić information content (AvgIpc) is 2.93. The third-order valence-electron chi connectivity index (χ3n) is 3.64. The van der Waals surface area contributed by atoms with Gasteiger partial charge >= 0.3 is 5.97 Å². The molecule has 1 aliphatic rings. The number of esters is 1. The summed E-state index contributed by atoms with van der Waals surface area (Å²) in [6.07, 6.45) is 1.65. The fourth-order valence-corrected chi connectivity index (χ4v) is 3.00. The third-order valence-corrected chi connectivity index (χ3v) is 4.47. The maximum absolute atomic E-state index is 12.3. The fourth-order valence-electron chi connectivity index (χ4n) is 2.30. The number of carbonyl (C=O) groups is 2. The number of amidine groups is 1. The molecule has 1 heterocycles. The number of carbonyl (C=O) groups excluding carboxylic acids is 2. The summed E-state index contributed by atoms with van der Waals surface area (Å²) in [4.78, 5) is 24.4. The molecule has 2 aromatic carbocycles. The van der Waals surface area contributed by atoms with Crippen molar-refractivity contribution in [2.45, 2.75) is 6.92 Å². The van der Waals surface area contributed by atoms with E-state index in [1.807, 2.05) is 19.1 Å². The number of ether oxygens (including phenoxy) is 2. The minimum Gasteiger partial charge on any atom is -0.493 e. The minimum absolute atomic E-state index is 0.0943. The van der Waals surface area contributed by atoms with Crippen LogP contribution >= 0.6 is 11.8 Å². The normalized spacial score (nSPS) is 15.1. The van der Waals surface area contributed by atoms with E-state index in [0.717, 1.165) is 17.3 Å². The molecule has 132 valence electrons. The van der Waals surface area contributed by atoms with Crippen molar-refractivity contribution in [3.63, 3.8) is 0 Å². The smallest absolute Gasteiger partial charge is 0.343 e. The topological polar surface area (TPSA) is 88.5 Å². The number of hydrogen-bond acceptors (Lipinski definition) is 6. The van der Waals surface area contributed by atoms with Crippen LogP contribution in [0.3, 0.4) is 0 Å². The highest BCUT2D eigenvalue weighted by Crippen LogP contribution is 2.31. The first-order valence-electron chi connectivity index (χ1n) is 7.72. The standard InChI is InChI=1S/C19H16N2O4S/c1-11-3-6-13(7-4-11)18(23)25-14-8-5-12(9-15(14)24-2)10-16-17(22)21-19(20)26-16/h3-10H,1-2H3,(H2,20,21,22). The van der Waals surface area contributed by atoms with Crippen LogP contribution in [0.5, 0.6) is 11.5 Å². The van der Waals surface area contributed by atoms with E-state index in [2.05, 4.69) is 5.32 Å². The third kappa shape index (κ3) is 3.94. The molecule has 0 aliphatic carbocycles. The van der Waals surface area contributed by atoms with Crippen LogP contribution in [-0.4, -0.2) is 24.2 Å². The Morgan fingerprint density at radius 1 is 1.15 bits per heavy atom. The first-order valence-corrected chi connectivity index (χ1v) is 8.54. The van der Waals surface area contributed by atoms with Crippen molar-refractivity contribution in [3.05, 3.63) is 64.1 Å². The molecule has 6 nitrogen and oxygen atoms in total. The number of benzene rings is 2. The summed E-state index contributed by atoms with van der Waals surface area (Å²) in [6.45, 7) is 1.94. The van der Waals surface area contributed by atoms with Crippen molar-refractivity contribution in [3.8, 4) is 11.5 Å². The SMILES string of the molecule is COc1cc(C=C2SC(=N)NC2=O)ccc1OC(=O)c1ccc(C)cc1. The molecule has 3 rings (SSSR count). The molecule has 0 spiro atoms. The Hall–Kier alpha value is -3.06. The second kappa shape index (κ2) is 7.45. The molecule has 2 N–H and O–H groups in total. The average molecular weight is 368 g/mol.